The summed E-state index contributed by atoms with van der Waals surface area (Å²) in [5.41, 5.74) is 0. The van der Waals surface area contributed by atoms with E-state index in [2.05, 4.69) is 32.7 Å². The molecule has 2 heteroatoms. The molecule has 1 aliphatic heterocycles. The maximum atomic E-state index is 5.31. The summed E-state index contributed by atoms with van der Waals surface area (Å²) in [7, 11) is 2.12. The second-order valence-corrected chi connectivity index (χ2v) is 4.86. The van der Waals surface area contributed by atoms with Crippen molar-refractivity contribution < 1.29 is 4.74 Å². The van der Waals surface area contributed by atoms with Crippen molar-refractivity contribution in [1.29, 1.82) is 0 Å². The predicted octanol–water partition coefficient (Wildman–Crippen LogP) is 3.70. The van der Waals surface area contributed by atoms with Crippen LogP contribution in [0.3, 0.4) is 0 Å². The van der Waals surface area contributed by atoms with Gasteiger partial charge >= 0.3 is 0 Å². The molecule has 1 heterocycles. The van der Waals surface area contributed by atoms with Crippen molar-refractivity contribution in [2.75, 3.05) is 26.7 Å². The summed E-state index contributed by atoms with van der Waals surface area (Å²) in [6.07, 6.45) is 8.93. The van der Waals surface area contributed by atoms with Crippen LogP contribution in [-0.2, 0) is 4.74 Å². The molecule has 1 saturated heterocycles. The maximum Gasteiger partial charge on any atom is 0.0674 e. The molecule has 0 amide bonds. The van der Waals surface area contributed by atoms with Gasteiger partial charge in [-0.3, -0.25) is 0 Å². The first-order chi connectivity index (χ1) is 7.70. The van der Waals surface area contributed by atoms with Gasteiger partial charge < -0.3 is 9.64 Å². The normalized spacial score (nSPS) is 21.4. The van der Waals surface area contributed by atoms with E-state index >= 15 is 0 Å². The highest BCUT2D eigenvalue weighted by atomic mass is 16.5. The second kappa shape index (κ2) is 11.4. The first-order valence-electron chi connectivity index (χ1n) is 7.00. The van der Waals surface area contributed by atoms with Gasteiger partial charge in [-0.15, -0.1) is 0 Å². The van der Waals surface area contributed by atoms with Crippen molar-refractivity contribution in [2.45, 2.75) is 65.4 Å². The van der Waals surface area contributed by atoms with Gasteiger partial charge in [0, 0.05) is 13.1 Å². The van der Waals surface area contributed by atoms with Crippen molar-refractivity contribution >= 4 is 0 Å². The first-order valence-corrected chi connectivity index (χ1v) is 7.00. The van der Waals surface area contributed by atoms with Crippen molar-refractivity contribution in [3.63, 3.8) is 0 Å². The van der Waals surface area contributed by atoms with Crippen molar-refractivity contribution in [3.8, 4) is 0 Å². The molecule has 0 N–H and O–H groups in total. The highest BCUT2D eigenvalue weighted by molar-refractivity contribution is 4.62. The molecule has 0 saturated carbocycles. The molecule has 1 rings (SSSR count). The topological polar surface area (TPSA) is 12.5 Å². The molecule has 0 radical (unpaired) electrons. The van der Waals surface area contributed by atoms with E-state index in [0.717, 1.165) is 19.7 Å². The zero-order valence-corrected chi connectivity index (χ0v) is 11.8. The number of likely N-dealkylation sites (N-methyl/N-ethyl adjacent to an activating group) is 1. The van der Waals surface area contributed by atoms with Crippen LogP contribution < -0.4 is 0 Å². The van der Waals surface area contributed by atoms with E-state index in [-0.39, 0.29) is 0 Å². The van der Waals surface area contributed by atoms with Gasteiger partial charge in [-0.1, -0.05) is 52.4 Å². The lowest BCUT2D eigenvalue weighted by molar-refractivity contribution is -0.00861. The third kappa shape index (κ3) is 10.4. The molecule has 1 aliphatic rings. The predicted molar refractivity (Wildman–Crippen MR) is 72.0 cm³/mol. The summed E-state index contributed by atoms with van der Waals surface area (Å²) >= 11 is 0. The van der Waals surface area contributed by atoms with Gasteiger partial charge in [-0.05, 0) is 14.0 Å². The summed E-state index contributed by atoms with van der Waals surface area (Å²) in [5, 5.41) is 0. The number of hydrogen-bond acceptors (Lipinski definition) is 2. The van der Waals surface area contributed by atoms with E-state index in [4.69, 9.17) is 4.74 Å². The van der Waals surface area contributed by atoms with E-state index in [9.17, 15) is 0 Å². The van der Waals surface area contributed by atoms with Gasteiger partial charge in [0.15, 0.2) is 0 Å². The maximum absolute atomic E-state index is 5.31. The van der Waals surface area contributed by atoms with Crippen LogP contribution in [0.25, 0.3) is 0 Å². The van der Waals surface area contributed by atoms with Gasteiger partial charge in [0.05, 0.1) is 12.7 Å². The highest BCUT2D eigenvalue weighted by Gasteiger charge is 2.11. The average molecular weight is 229 g/mol. The number of rotatable bonds is 5. The lowest BCUT2D eigenvalue weighted by atomic mass is 10.1. The SMILES string of the molecule is CC1CN(C)CCO1.CCCCCCCC. The Morgan fingerprint density at radius 3 is 1.94 bits per heavy atom. The standard InChI is InChI=1S/C8H18.C6H13NO/c1-3-5-7-8-6-4-2;1-6-5-7(2)3-4-8-6/h3-8H2,1-2H3;6H,3-5H2,1-2H3. The largest absolute Gasteiger partial charge is 0.376 e. The van der Waals surface area contributed by atoms with E-state index in [1.165, 1.54) is 38.5 Å². The van der Waals surface area contributed by atoms with Crippen LogP contribution in [-0.4, -0.2) is 37.7 Å². The molecular weight excluding hydrogens is 198 g/mol. The highest BCUT2D eigenvalue weighted by Crippen LogP contribution is 2.03. The third-order valence-electron chi connectivity index (χ3n) is 2.90. The molecule has 1 unspecified atom stereocenters. The minimum atomic E-state index is 0.439. The zero-order chi connectivity index (χ0) is 12.2. The number of hydrogen-bond donors (Lipinski definition) is 0. The molecule has 0 bridgehead atoms. The Morgan fingerprint density at radius 1 is 1.06 bits per heavy atom. The lowest BCUT2D eigenvalue weighted by Crippen LogP contribution is -2.38. The fraction of sp³-hybridized carbons (Fsp3) is 1.00. The van der Waals surface area contributed by atoms with E-state index in [1.807, 2.05) is 0 Å². The van der Waals surface area contributed by atoms with E-state index < -0.39 is 0 Å². The van der Waals surface area contributed by atoms with Gasteiger partial charge in [-0.2, -0.15) is 0 Å². The average Bonchev–Trinajstić information content (AvgIpc) is 2.25. The monoisotopic (exact) mass is 229 g/mol. The fourth-order valence-electron chi connectivity index (χ4n) is 1.85. The van der Waals surface area contributed by atoms with Gasteiger partial charge in [0.2, 0.25) is 0 Å². The Morgan fingerprint density at radius 2 is 1.62 bits per heavy atom. The van der Waals surface area contributed by atoms with Crippen LogP contribution >= 0.6 is 0 Å². The molecule has 0 aromatic rings. The van der Waals surface area contributed by atoms with Gasteiger partial charge in [0.1, 0.15) is 0 Å². The van der Waals surface area contributed by atoms with Crippen LogP contribution in [0.1, 0.15) is 59.3 Å². The molecular formula is C14H31NO. The summed E-state index contributed by atoms with van der Waals surface area (Å²) in [5.74, 6) is 0. The number of unbranched alkanes of at least 4 members (excludes halogenated alkanes) is 5. The quantitative estimate of drug-likeness (QED) is 0.666. The summed E-state index contributed by atoms with van der Waals surface area (Å²) in [6, 6.07) is 0. The van der Waals surface area contributed by atoms with E-state index in [0.29, 0.717) is 6.10 Å². The molecule has 2 nitrogen and oxygen atoms in total. The Kier molecular flexibility index (Phi) is 11.3. The Balaban J connectivity index is 0.000000281. The molecule has 1 atom stereocenters. The Labute approximate surface area is 102 Å². The van der Waals surface area contributed by atoms with Crippen LogP contribution in [0.4, 0.5) is 0 Å². The van der Waals surface area contributed by atoms with Crippen LogP contribution in [0.2, 0.25) is 0 Å². The molecule has 16 heavy (non-hydrogen) atoms. The van der Waals surface area contributed by atoms with E-state index in [1.54, 1.807) is 0 Å². The molecule has 0 spiro atoms. The van der Waals surface area contributed by atoms with Gasteiger partial charge in [0.25, 0.3) is 0 Å². The van der Waals surface area contributed by atoms with Crippen molar-refractivity contribution in [3.05, 3.63) is 0 Å². The summed E-state index contributed by atoms with van der Waals surface area (Å²) < 4.78 is 5.31. The molecule has 0 aromatic heterocycles. The smallest absolute Gasteiger partial charge is 0.0674 e. The number of ether oxygens (including phenoxy) is 1. The molecule has 0 aromatic carbocycles. The summed E-state index contributed by atoms with van der Waals surface area (Å²) in [4.78, 5) is 2.29. The van der Waals surface area contributed by atoms with Crippen LogP contribution in [0, 0.1) is 0 Å². The third-order valence-corrected chi connectivity index (χ3v) is 2.90. The second-order valence-electron chi connectivity index (χ2n) is 4.86. The minimum absolute atomic E-state index is 0.439. The minimum Gasteiger partial charge on any atom is -0.376 e. The Hall–Kier alpha value is -0.0800. The fourth-order valence-corrected chi connectivity index (χ4v) is 1.85. The Bertz CT molecular complexity index is 125. The van der Waals surface area contributed by atoms with Crippen LogP contribution in [0.15, 0.2) is 0 Å². The van der Waals surface area contributed by atoms with Crippen molar-refractivity contribution in [2.24, 2.45) is 0 Å². The number of morpholine rings is 1. The summed E-state index contributed by atoms with van der Waals surface area (Å²) in [6.45, 7) is 9.69. The zero-order valence-electron chi connectivity index (χ0n) is 11.8. The lowest BCUT2D eigenvalue weighted by Gasteiger charge is -2.27. The first kappa shape index (κ1) is 15.9. The molecule has 1 fully saturated rings. The van der Waals surface area contributed by atoms with Gasteiger partial charge in [-0.25, -0.2) is 0 Å². The van der Waals surface area contributed by atoms with Crippen molar-refractivity contribution in [1.82, 2.24) is 4.90 Å². The van der Waals surface area contributed by atoms with Crippen LogP contribution in [0.5, 0.6) is 0 Å². The molecule has 0 aliphatic carbocycles. The molecule has 98 valence electrons. The number of nitrogens with zero attached hydrogens (tertiary/aromatic N) is 1.